The van der Waals surface area contributed by atoms with Gasteiger partial charge in [0.25, 0.3) is 5.91 Å². The van der Waals surface area contributed by atoms with E-state index in [0.29, 0.717) is 28.0 Å². The molecular formula is C17H27NOS. The molecule has 1 aliphatic carbocycles. The zero-order valence-electron chi connectivity index (χ0n) is 13.2. The standard InChI is InChI=1S/C17H27NOS/c1-5-14-6-12(9-20-14)15(19)18-11-17(4)8-13(18)7-16(2,3)10-17/h9,13-14H,5-8,10-11H2,1-4H3. The van der Waals surface area contributed by atoms with E-state index < -0.39 is 0 Å². The average molecular weight is 293 g/mol. The highest BCUT2D eigenvalue weighted by Crippen LogP contribution is 2.53. The van der Waals surface area contributed by atoms with Crippen LogP contribution in [0.5, 0.6) is 0 Å². The Bertz CT molecular complexity index is 456. The van der Waals surface area contributed by atoms with E-state index in [1.54, 1.807) is 0 Å². The minimum Gasteiger partial charge on any atom is -0.335 e. The van der Waals surface area contributed by atoms with Crippen LogP contribution in [0.15, 0.2) is 11.0 Å². The van der Waals surface area contributed by atoms with Gasteiger partial charge in [0, 0.05) is 23.4 Å². The molecule has 1 saturated carbocycles. The number of carbonyl (C=O) groups is 1. The van der Waals surface area contributed by atoms with Gasteiger partial charge in [-0.2, -0.15) is 0 Å². The van der Waals surface area contributed by atoms with Gasteiger partial charge in [-0.15, -0.1) is 11.8 Å². The van der Waals surface area contributed by atoms with E-state index in [9.17, 15) is 4.79 Å². The van der Waals surface area contributed by atoms with Crippen LogP contribution in [0.1, 0.15) is 59.8 Å². The maximum absolute atomic E-state index is 12.8. The Morgan fingerprint density at radius 1 is 1.40 bits per heavy atom. The van der Waals surface area contributed by atoms with Gasteiger partial charge < -0.3 is 4.90 Å². The minimum absolute atomic E-state index is 0.333. The van der Waals surface area contributed by atoms with Crippen LogP contribution in [-0.4, -0.2) is 28.6 Å². The summed E-state index contributed by atoms with van der Waals surface area (Å²) in [5, 5.41) is 2.76. The van der Waals surface area contributed by atoms with Crippen molar-refractivity contribution in [1.82, 2.24) is 4.90 Å². The molecule has 1 saturated heterocycles. The third-order valence-corrected chi connectivity index (χ3v) is 6.56. The summed E-state index contributed by atoms with van der Waals surface area (Å²) in [7, 11) is 0. The Hall–Kier alpha value is -0.440. The largest absolute Gasteiger partial charge is 0.335 e. The monoisotopic (exact) mass is 293 g/mol. The molecule has 3 rings (SSSR count). The lowest BCUT2D eigenvalue weighted by Crippen LogP contribution is -2.38. The minimum atomic E-state index is 0.333. The Morgan fingerprint density at radius 2 is 2.15 bits per heavy atom. The molecule has 2 heterocycles. The first-order chi connectivity index (χ1) is 9.32. The number of fused-ring (bicyclic) bond motifs is 2. The summed E-state index contributed by atoms with van der Waals surface area (Å²) >= 11 is 1.85. The number of hydrogen-bond acceptors (Lipinski definition) is 2. The fourth-order valence-electron chi connectivity index (χ4n) is 4.78. The molecular weight excluding hydrogens is 266 g/mol. The lowest BCUT2D eigenvalue weighted by atomic mass is 9.65. The van der Waals surface area contributed by atoms with Gasteiger partial charge in [0.05, 0.1) is 0 Å². The van der Waals surface area contributed by atoms with Crippen molar-refractivity contribution in [2.24, 2.45) is 10.8 Å². The first-order valence-electron chi connectivity index (χ1n) is 7.97. The van der Waals surface area contributed by atoms with Crippen LogP contribution in [-0.2, 0) is 4.79 Å². The van der Waals surface area contributed by atoms with Crippen LogP contribution >= 0.6 is 11.8 Å². The quantitative estimate of drug-likeness (QED) is 0.760. The molecule has 2 bridgehead atoms. The van der Waals surface area contributed by atoms with E-state index in [4.69, 9.17) is 0 Å². The summed E-state index contributed by atoms with van der Waals surface area (Å²) in [6, 6.07) is 0.475. The van der Waals surface area contributed by atoms with Crippen molar-refractivity contribution in [2.45, 2.75) is 71.1 Å². The van der Waals surface area contributed by atoms with Gasteiger partial charge in [-0.25, -0.2) is 0 Å². The molecule has 2 aliphatic heterocycles. The highest BCUT2D eigenvalue weighted by Gasteiger charge is 2.51. The topological polar surface area (TPSA) is 20.3 Å². The number of amides is 1. The van der Waals surface area contributed by atoms with Crippen LogP contribution < -0.4 is 0 Å². The molecule has 0 aromatic carbocycles. The van der Waals surface area contributed by atoms with Crippen LogP contribution in [0.3, 0.4) is 0 Å². The Kier molecular flexibility index (Phi) is 3.47. The predicted molar refractivity (Wildman–Crippen MR) is 85.6 cm³/mol. The van der Waals surface area contributed by atoms with Crippen molar-refractivity contribution in [3.63, 3.8) is 0 Å². The molecule has 0 aromatic rings. The SMILES string of the molecule is CCC1CC(C(=O)N2CC3(C)CC2CC(C)(C)C3)=CS1. The zero-order valence-corrected chi connectivity index (χ0v) is 14.1. The molecule has 3 atom stereocenters. The Labute approximate surface area is 127 Å². The van der Waals surface area contributed by atoms with E-state index in [-0.39, 0.29) is 0 Å². The molecule has 3 heteroatoms. The Balaban J connectivity index is 1.74. The number of hydrogen-bond donors (Lipinski definition) is 0. The molecule has 3 unspecified atom stereocenters. The maximum atomic E-state index is 12.8. The van der Waals surface area contributed by atoms with E-state index in [2.05, 4.69) is 38.0 Å². The van der Waals surface area contributed by atoms with E-state index in [1.807, 2.05) is 11.8 Å². The fraction of sp³-hybridized carbons (Fsp3) is 0.824. The summed E-state index contributed by atoms with van der Waals surface area (Å²) in [5.74, 6) is 0.333. The van der Waals surface area contributed by atoms with Gasteiger partial charge in [0.2, 0.25) is 0 Å². The number of likely N-dealkylation sites (tertiary alicyclic amines) is 1. The molecule has 2 fully saturated rings. The highest BCUT2D eigenvalue weighted by atomic mass is 32.2. The van der Waals surface area contributed by atoms with Gasteiger partial charge >= 0.3 is 0 Å². The van der Waals surface area contributed by atoms with E-state index >= 15 is 0 Å². The van der Waals surface area contributed by atoms with Crippen molar-refractivity contribution in [3.05, 3.63) is 11.0 Å². The molecule has 3 aliphatic rings. The van der Waals surface area contributed by atoms with Crippen LogP contribution in [0.4, 0.5) is 0 Å². The normalized spacial score (nSPS) is 39.0. The van der Waals surface area contributed by atoms with Gasteiger partial charge in [-0.05, 0) is 48.3 Å². The lowest BCUT2D eigenvalue weighted by molar-refractivity contribution is -0.128. The number of carbonyl (C=O) groups excluding carboxylic acids is 1. The van der Waals surface area contributed by atoms with Crippen molar-refractivity contribution >= 4 is 17.7 Å². The second-order valence-corrected chi connectivity index (χ2v) is 9.33. The zero-order chi connectivity index (χ0) is 14.5. The lowest BCUT2D eigenvalue weighted by Gasteiger charge is -2.39. The number of rotatable bonds is 2. The van der Waals surface area contributed by atoms with Gasteiger partial charge in [0.15, 0.2) is 0 Å². The molecule has 0 N–H and O–H groups in total. The molecule has 0 aromatic heterocycles. The smallest absolute Gasteiger partial charge is 0.250 e. The summed E-state index contributed by atoms with van der Waals surface area (Å²) in [6.07, 6.45) is 5.77. The van der Waals surface area contributed by atoms with Gasteiger partial charge in [-0.3, -0.25) is 4.79 Å². The first kappa shape index (κ1) is 14.5. The molecule has 2 nitrogen and oxygen atoms in total. The average Bonchev–Trinajstić information content (AvgIpc) is 2.89. The fourth-order valence-corrected chi connectivity index (χ4v) is 5.80. The third-order valence-electron chi connectivity index (χ3n) is 5.26. The van der Waals surface area contributed by atoms with Crippen molar-refractivity contribution in [3.8, 4) is 0 Å². The van der Waals surface area contributed by atoms with Crippen molar-refractivity contribution < 1.29 is 4.79 Å². The van der Waals surface area contributed by atoms with Crippen LogP contribution in [0.2, 0.25) is 0 Å². The van der Waals surface area contributed by atoms with Crippen LogP contribution in [0, 0.1) is 10.8 Å². The van der Waals surface area contributed by atoms with Gasteiger partial charge in [0.1, 0.15) is 0 Å². The van der Waals surface area contributed by atoms with Crippen molar-refractivity contribution in [1.29, 1.82) is 0 Å². The predicted octanol–water partition coefficient (Wildman–Crippen LogP) is 4.21. The summed E-state index contributed by atoms with van der Waals surface area (Å²) < 4.78 is 0. The van der Waals surface area contributed by atoms with Gasteiger partial charge in [-0.1, -0.05) is 27.7 Å². The molecule has 112 valence electrons. The van der Waals surface area contributed by atoms with E-state index in [0.717, 1.165) is 25.0 Å². The number of nitrogens with zero attached hydrogens (tertiary/aromatic N) is 1. The highest BCUT2D eigenvalue weighted by molar-refractivity contribution is 8.03. The molecule has 0 spiro atoms. The number of thioether (sulfide) groups is 1. The third kappa shape index (κ3) is 2.54. The summed E-state index contributed by atoms with van der Waals surface area (Å²) in [5.41, 5.74) is 1.80. The van der Waals surface area contributed by atoms with Crippen LogP contribution in [0.25, 0.3) is 0 Å². The molecule has 0 radical (unpaired) electrons. The van der Waals surface area contributed by atoms with Crippen molar-refractivity contribution in [2.75, 3.05) is 6.54 Å². The summed E-state index contributed by atoms with van der Waals surface area (Å²) in [4.78, 5) is 15.1. The summed E-state index contributed by atoms with van der Waals surface area (Å²) in [6.45, 7) is 10.3. The first-order valence-corrected chi connectivity index (χ1v) is 8.92. The second kappa shape index (κ2) is 4.79. The second-order valence-electron chi connectivity index (χ2n) is 8.16. The molecule has 1 amide bonds. The Morgan fingerprint density at radius 3 is 2.80 bits per heavy atom. The maximum Gasteiger partial charge on any atom is 0.250 e. The molecule has 20 heavy (non-hydrogen) atoms. The van der Waals surface area contributed by atoms with E-state index in [1.165, 1.54) is 19.3 Å².